The van der Waals surface area contributed by atoms with Crippen molar-refractivity contribution in [2.75, 3.05) is 6.54 Å². The Bertz CT molecular complexity index is 488. The van der Waals surface area contributed by atoms with E-state index < -0.39 is 5.97 Å². The summed E-state index contributed by atoms with van der Waals surface area (Å²) in [6.07, 6.45) is 1.54. The Morgan fingerprint density at radius 1 is 1.29 bits per heavy atom. The van der Waals surface area contributed by atoms with Crippen LogP contribution in [-0.4, -0.2) is 29.6 Å². The number of nitrogens with one attached hydrogen (secondary N) is 1. The predicted octanol–water partition coefficient (Wildman–Crippen LogP) is 2.07. The van der Waals surface area contributed by atoms with E-state index in [1.807, 2.05) is 37.3 Å². The second-order valence-corrected chi connectivity index (χ2v) is 5.53. The first-order chi connectivity index (χ1) is 10.1. The van der Waals surface area contributed by atoms with Gasteiger partial charge < -0.3 is 15.2 Å². The quantitative estimate of drug-likeness (QED) is 0.841. The van der Waals surface area contributed by atoms with E-state index in [4.69, 9.17) is 9.84 Å². The highest BCUT2D eigenvalue weighted by molar-refractivity contribution is 5.80. The molecule has 5 nitrogen and oxygen atoms in total. The Labute approximate surface area is 124 Å². The van der Waals surface area contributed by atoms with Crippen LogP contribution < -0.4 is 10.1 Å². The number of carbonyl (C=O) groups excluding carboxylic acids is 1. The molecule has 3 atom stereocenters. The highest BCUT2D eigenvalue weighted by Gasteiger charge is 2.33. The van der Waals surface area contributed by atoms with E-state index in [0.717, 1.165) is 5.75 Å². The van der Waals surface area contributed by atoms with Crippen molar-refractivity contribution in [3.63, 3.8) is 0 Å². The molecule has 1 aliphatic carbocycles. The van der Waals surface area contributed by atoms with Crippen molar-refractivity contribution in [2.45, 2.75) is 32.3 Å². The van der Waals surface area contributed by atoms with Gasteiger partial charge in [-0.2, -0.15) is 0 Å². The molecule has 0 saturated heterocycles. The Hall–Kier alpha value is -2.04. The minimum absolute atomic E-state index is 0.0674. The lowest BCUT2D eigenvalue weighted by molar-refractivity contribution is -0.141. The fourth-order valence-electron chi connectivity index (χ4n) is 2.61. The van der Waals surface area contributed by atoms with Crippen molar-refractivity contribution >= 4 is 11.9 Å². The molecule has 5 heteroatoms. The molecule has 21 heavy (non-hydrogen) atoms. The lowest BCUT2D eigenvalue weighted by Gasteiger charge is -2.17. The molecule has 0 aliphatic heterocycles. The maximum Gasteiger partial charge on any atom is 0.306 e. The topological polar surface area (TPSA) is 75.6 Å². The first-order valence-electron chi connectivity index (χ1n) is 7.28. The highest BCUT2D eigenvalue weighted by atomic mass is 16.5. The summed E-state index contributed by atoms with van der Waals surface area (Å²) in [4.78, 5) is 22.9. The van der Waals surface area contributed by atoms with Crippen molar-refractivity contribution in [3.05, 3.63) is 30.3 Å². The fraction of sp³-hybridized carbons (Fsp3) is 0.500. The number of hydrogen-bond donors (Lipinski definition) is 2. The summed E-state index contributed by atoms with van der Waals surface area (Å²) in [7, 11) is 0. The van der Waals surface area contributed by atoms with Crippen LogP contribution in [0.4, 0.5) is 0 Å². The van der Waals surface area contributed by atoms with Crippen molar-refractivity contribution in [1.29, 1.82) is 0 Å². The second kappa shape index (κ2) is 7.11. The number of para-hydroxylation sites is 1. The molecule has 2 rings (SSSR count). The molecule has 1 unspecified atom stereocenters. The average molecular weight is 291 g/mol. The van der Waals surface area contributed by atoms with Gasteiger partial charge in [-0.15, -0.1) is 0 Å². The summed E-state index contributed by atoms with van der Waals surface area (Å²) in [5, 5.41) is 11.8. The number of carbonyl (C=O) groups is 2. The largest absolute Gasteiger partial charge is 0.489 e. The summed E-state index contributed by atoms with van der Waals surface area (Å²) >= 11 is 0. The normalized spacial score (nSPS) is 22.5. The van der Waals surface area contributed by atoms with Gasteiger partial charge in [0.05, 0.1) is 12.5 Å². The number of hydrogen-bond acceptors (Lipinski definition) is 3. The molecule has 0 heterocycles. The lowest BCUT2D eigenvalue weighted by Crippen LogP contribution is -2.36. The van der Waals surface area contributed by atoms with Gasteiger partial charge in [0.1, 0.15) is 11.9 Å². The summed E-state index contributed by atoms with van der Waals surface area (Å²) < 4.78 is 5.68. The zero-order chi connectivity index (χ0) is 15.2. The van der Waals surface area contributed by atoms with Crippen molar-refractivity contribution < 1.29 is 19.4 Å². The Kier molecular flexibility index (Phi) is 5.20. The number of carboxylic acid groups (broad SMARTS) is 1. The van der Waals surface area contributed by atoms with Gasteiger partial charge in [-0.25, -0.2) is 0 Å². The van der Waals surface area contributed by atoms with Crippen LogP contribution in [0.2, 0.25) is 0 Å². The SMILES string of the molecule is CC(CNC(=O)[C@@H]1CC[C@H](C(=O)O)C1)Oc1ccccc1. The molecule has 1 aliphatic rings. The van der Waals surface area contributed by atoms with Crippen molar-refractivity contribution in [1.82, 2.24) is 5.32 Å². The molecule has 1 saturated carbocycles. The Morgan fingerprint density at radius 2 is 1.95 bits per heavy atom. The van der Waals surface area contributed by atoms with E-state index in [0.29, 0.717) is 25.8 Å². The van der Waals surface area contributed by atoms with Crippen LogP contribution in [0, 0.1) is 11.8 Å². The molecule has 2 N–H and O–H groups in total. The summed E-state index contributed by atoms with van der Waals surface area (Å²) in [5.74, 6) is -0.659. The van der Waals surface area contributed by atoms with E-state index in [1.165, 1.54) is 0 Å². The molecule has 114 valence electrons. The first kappa shape index (κ1) is 15.4. The predicted molar refractivity (Wildman–Crippen MR) is 78.0 cm³/mol. The molecule has 0 bridgehead atoms. The van der Waals surface area contributed by atoms with Crippen LogP contribution in [0.1, 0.15) is 26.2 Å². The van der Waals surface area contributed by atoms with Crippen LogP contribution in [0.5, 0.6) is 5.75 Å². The number of carboxylic acids is 1. The lowest BCUT2D eigenvalue weighted by atomic mass is 10.0. The van der Waals surface area contributed by atoms with Gasteiger partial charge in [0.25, 0.3) is 0 Å². The van der Waals surface area contributed by atoms with Crippen LogP contribution >= 0.6 is 0 Å². The third kappa shape index (κ3) is 4.48. The molecule has 1 fully saturated rings. The number of benzene rings is 1. The fourth-order valence-corrected chi connectivity index (χ4v) is 2.61. The van der Waals surface area contributed by atoms with E-state index in [-0.39, 0.29) is 23.8 Å². The van der Waals surface area contributed by atoms with Gasteiger partial charge in [0.2, 0.25) is 5.91 Å². The number of ether oxygens (including phenoxy) is 1. The molecule has 1 aromatic rings. The highest BCUT2D eigenvalue weighted by Crippen LogP contribution is 2.31. The van der Waals surface area contributed by atoms with E-state index in [2.05, 4.69) is 5.32 Å². The molecule has 1 amide bonds. The maximum atomic E-state index is 12.0. The third-order valence-electron chi connectivity index (χ3n) is 3.80. The van der Waals surface area contributed by atoms with E-state index >= 15 is 0 Å². The van der Waals surface area contributed by atoms with Crippen molar-refractivity contribution in [2.24, 2.45) is 11.8 Å². The standard InChI is InChI=1S/C16H21NO4/c1-11(21-14-5-3-2-4-6-14)10-17-15(18)12-7-8-13(9-12)16(19)20/h2-6,11-13H,7-10H2,1H3,(H,17,18)(H,19,20)/t11?,12-,13+/m1/s1. The van der Waals surface area contributed by atoms with Gasteiger partial charge >= 0.3 is 5.97 Å². The molecule has 1 aromatic carbocycles. The second-order valence-electron chi connectivity index (χ2n) is 5.53. The summed E-state index contributed by atoms with van der Waals surface area (Å²) in [5.41, 5.74) is 0. The van der Waals surface area contributed by atoms with Gasteiger partial charge in [-0.05, 0) is 38.3 Å². The van der Waals surface area contributed by atoms with Gasteiger partial charge in [0.15, 0.2) is 0 Å². The number of rotatable bonds is 6. The third-order valence-corrected chi connectivity index (χ3v) is 3.80. The molecule has 0 spiro atoms. The maximum absolute atomic E-state index is 12.0. The van der Waals surface area contributed by atoms with E-state index in [1.54, 1.807) is 0 Å². The van der Waals surface area contributed by atoms with Crippen LogP contribution in [0.3, 0.4) is 0 Å². The van der Waals surface area contributed by atoms with Crippen molar-refractivity contribution in [3.8, 4) is 5.75 Å². The minimum Gasteiger partial charge on any atom is -0.489 e. The van der Waals surface area contributed by atoms with Gasteiger partial charge in [-0.3, -0.25) is 9.59 Å². The van der Waals surface area contributed by atoms with Crippen LogP contribution in [-0.2, 0) is 9.59 Å². The summed E-state index contributed by atoms with van der Waals surface area (Å²) in [6, 6.07) is 9.44. The average Bonchev–Trinajstić information content (AvgIpc) is 2.96. The molecule has 0 aromatic heterocycles. The minimum atomic E-state index is -0.800. The van der Waals surface area contributed by atoms with Crippen LogP contribution in [0.15, 0.2) is 30.3 Å². The number of amides is 1. The van der Waals surface area contributed by atoms with Gasteiger partial charge in [0, 0.05) is 5.92 Å². The monoisotopic (exact) mass is 291 g/mol. The van der Waals surface area contributed by atoms with Crippen LogP contribution in [0.25, 0.3) is 0 Å². The Balaban J connectivity index is 1.73. The first-order valence-corrected chi connectivity index (χ1v) is 7.28. The number of aliphatic carboxylic acids is 1. The molecule has 0 radical (unpaired) electrons. The summed E-state index contributed by atoms with van der Waals surface area (Å²) in [6.45, 7) is 2.31. The zero-order valence-corrected chi connectivity index (χ0v) is 12.1. The zero-order valence-electron chi connectivity index (χ0n) is 12.1. The van der Waals surface area contributed by atoms with E-state index in [9.17, 15) is 9.59 Å². The smallest absolute Gasteiger partial charge is 0.306 e. The molecular weight excluding hydrogens is 270 g/mol. The van der Waals surface area contributed by atoms with Gasteiger partial charge in [-0.1, -0.05) is 18.2 Å². The Morgan fingerprint density at radius 3 is 2.57 bits per heavy atom. The molecular formula is C16H21NO4.